The van der Waals surface area contributed by atoms with E-state index in [2.05, 4.69) is 4.98 Å². The maximum atomic E-state index is 13.1. The molecular formula is C15H17F3N2S. The molecule has 0 aliphatic heterocycles. The lowest BCUT2D eigenvalue weighted by Crippen LogP contribution is -2.17. The van der Waals surface area contributed by atoms with Crippen LogP contribution < -0.4 is 0 Å². The molecule has 0 spiro atoms. The molecule has 0 aliphatic carbocycles. The first-order valence-electron chi connectivity index (χ1n) is 6.51. The highest BCUT2D eigenvalue weighted by atomic mass is 32.1. The number of imidazole rings is 1. The molecule has 21 heavy (non-hydrogen) atoms. The predicted octanol–water partition coefficient (Wildman–Crippen LogP) is 5.16. The lowest BCUT2D eigenvalue weighted by atomic mass is 9.92. The van der Waals surface area contributed by atoms with E-state index in [-0.39, 0.29) is 11.0 Å². The van der Waals surface area contributed by atoms with E-state index in [1.807, 2.05) is 20.8 Å². The predicted molar refractivity (Wildman–Crippen MR) is 79.4 cm³/mol. The van der Waals surface area contributed by atoms with Gasteiger partial charge in [-0.25, -0.2) is 0 Å². The van der Waals surface area contributed by atoms with Crippen molar-refractivity contribution >= 4 is 12.2 Å². The Balaban J connectivity index is 2.70. The molecule has 2 aromatic rings. The maximum absolute atomic E-state index is 13.1. The van der Waals surface area contributed by atoms with E-state index in [0.717, 1.165) is 11.8 Å². The van der Waals surface area contributed by atoms with Gasteiger partial charge in [-0.2, -0.15) is 13.2 Å². The molecule has 114 valence electrons. The molecular weight excluding hydrogens is 297 g/mol. The topological polar surface area (TPSA) is 20.7 Å². The summed E-state index contributed by atoms with van der Waals surface area (Å²) in [5.41, 5.74) is 0.582. The molecule has 1 aromatic carbocycles. The standard InChI is InChI=1S/C15H17F3N2S/c1-9-5-6-10(7-11(9)15(16,17)18)20-12(14(2,3)4)8-19-13(20)21/h5-8H,1-4H3,(H,19,21). The number of rotatable bonds is 1. The van der Waals surface area contributed by atoms with E-state index in [0.29, 0.717) is 10.5 Å². The number of H-pyrrole nitrogens is 1. The Kier molecular flexibility index (Phi) is 3.78. The zero-order valence-electron chi connectivity index (χ0n) is 12.3. The van der Waals surface area contributed by atoms with Crippen molar-refractivity contribution in [3.05, 3.63) is 46.0 Å². The number of nitrogens with one attached hydrogen (secondary N) is 1. The van der Waals surface area contributed by atoms with Gasteiger partial charge in [-0.3, -0.25) is 4.57 Å². The van der Waals surface area contributed by atoms with E-state index < -0.39 is 11.7 Å². The molecule has 1 N–H and O–H groups in total. The van der Waals surface area contributed by atoms with Crippen LogP contribution in [-0.2, 0) is 11.6 Å². The largest absolute Gasteiger partial charge is 0.416 e. The molecule has 0 fully saturated rings. The van der Waals surface area contributed by atoms with Crippen LogP contribution >= 0.6 is 12.2 Å². The number of nitrogens with zero attached hydrogens (tertiary/aromatic N) is 1. The fourth-order valence-corrected chi connectivity index (χ4v) is 2.49. The van der Waals surface area contributed by atoms with Crippen molar-refractivity contribution in [1.82, 2.24) is 9.55 Å². The van der Waals surface area contributed by atoms with Gasteiger partial charge in [0.2, 0.25) is 0 Å². The van der Waals surface area contributed by atoms with Gasteiger partial charge >= 0.3 is 6.18 Å². The number of halogens is 3. The highest BCUT2D eigenvalue weighted by molar-refractivity contribution is 7.71. The summed E-state index contributed by atoms with van der Waals surface area (Å²) in [4.78, 5) is 2.91. The molecule has 0 saturated carbocycles. The minimum Gasteiger partial charge on any atom is -0.337 e. The fourth-order valence-electron chi connectivity index (χ4n) is 2.23. The molecule has 0 unspecified atom stereocenters. The number of aryl methyl sites for hydroxylation is 1. The number of hydrogen-bond donors (Lipinski definition) is 1. The Morgan fingerprint density at radius 1 is 1.14 bits per heavy atom. The number of aromatic nitrogens is 2. The minimum absolute atomic E-state index is 0.200. The van der Waals surface area contributed by atoms with Crippen LogP contribution in [0.4, 0.5) is 13.2 Å². The van der Waals surface area contributed by atoms with E-state index in [4.69, 9.17) is 12.2 Å². The second kappa shape index (κ2) is 5.02. The van der Waals surface area contributed by atoms with Gasteiger partial charge in [0.15, 0.2) is 4.77 Å². The smallest absolute Gasteiger partial charge is 0.337 e. The first kappa shape index (κ1) is 15.8. The van der Waals surface area contributed by atoms with Crippen LogP contribution in [0.5, 0.6) is 0 Å². The summed E-state index contributed by atoms with van der Waals surface area (Å²) in [6.45, 7) is 7.41. The van der Waals surface area contributed by atoms with Gasteiger partial charge in [0.1, 0.15) is 0 Å². The first-order valence-corrected chi connectivity index (χ1v) is 6.92. The van der Waals surface area contributed by atoms with Crippen molar-refractivity contribution in [2.75, 3.05) is 0 Å². The Morgan fingerprint density at radius 3 is 2.29 bits per heavy atom. The SMILES string of the molecule is Cc1ccc(-n2c(C(C)(C)C)c[nH]c2=S)cc1C(F)(F)F. The molecule has 0 amide bonds. The summed E-state index contributed by atoms with van der Waals surface area (Å²) in [5.74, 6) is 0. The number of benzene rings is 1. The summed E-state index contributed by atoms with van der Waals surface area (Å²) in [6, 6.07) is 4.27. The Hall–Kier alpha value is -1.56. The number of alkyl halides is 3. The third kappa shape index (κ3) is 3.05. The van der Waals surface area contributed by atoms with E-state index in [1.165, 1.54) is 13.0 Å². The molecule has 6 heteroatoms. The third-order valence-electron chi connectivity index (χ3n) is 3.33. The summed E-state index contributed by atoms with van der Waals surface area (Å²) < 4.78 is 41.2. The fraction of sp³-hybridized carbons (Fsp3) is 0.400. The minimum atomic E-state index is -4.37. The van der Waals surface area contributed by atoms with Crippen LogP contribution in [0.25, 0.3) is 5.69 Å². The molecule has 0 aliphatic rings. The normalized spacial score (nSPS) is 12.7. The van der Waals surface area contributed by atoms with E-state index >= 15 is 0 Å². The number of aromatic amines is 1. The zero-order chi connectivity index (χ0) is 16.0. The molecule has 0 atom stereocenters. The highest BCUT2D eigenvalue weighted by Gasteiger charge is 2.33. The molecule has 0 saturated heterocycles. The van der Waals surface area contributed by atoms with Crippen molar-refractivity contribution in [2.45, 2.75) is 39.3 Å². The van der Waals surface area contributed by atoms with Crippen LogP contribution in [-0.4, -0.2) is 9.55 Å². The van der Waals surface area contributed by atoms with Crippen molar-refractivity contribution in [3.8, 4) is 5.69 Å². The van der Waals surface area contributed by atoms with Crippen LogP contribution in [0.2, 0.25) is 0 Å². The average molecular weight is 314 g/mol. The molecule has 2 rings (SSSR count). The molecule has 1 heterocycles. The first-order chi connectivity index (χ1) is 9.51. The van der Waals surface area contributed by atoms with Gasteiger partial charge in [0, 0.05) is 23.0 Å². The highest BCUT2D eigenvalue weighted by Crippen LogP contribution is 2.34. The molecule has 2 nitrogen and oxygen atoms in total. The summed E-state index contributed by atoms with van der Waals surface area (Å²) in [5, 5.41) is 0. The van der Waals surface area contributed by atoms with Gasteiger partial charge in [-0.15, -0.1) is 0 Å². The monoisotopic (exact) mass is 314 g/mol. The zero-order valence-corrected chi connectivity index (χ0v) is 13.1. The number of hydrogen-bond acceptors (Lipinski definition) is 1. The average Bonchev–Trinajstić information content (AvgIpc) is 2.70. The molecule has 0 bridgehead atoms. The van der Waals surface area contributed by atoms with Crippen molar-refractivity contribution in [1.29, 1.82) is 0 Å². The lowest BCUT2D eigenvalue weighted by molar-refractivity contribution is -0.138. The van der Waals surface area contributed by atoms with Gasteiger partial charge in [-0.1, -0.05) is 26.8 Å². The van der Waals surface area contributed by atoms with Crippen LogP contribution in [0.1, 0.15) is 37.6 Å². The Labute approximate surface area is 126 Å². The van der Waals surface area contributed by atoms with Crippen molar-refractivity contribution in [3.63, 3.8) is 0 Å². The van der Waals surface area contributed by atoms with Crippen LogP contribution in [0, 0.1) is 11.7 Å². The summed E-state index contributed by atoms with van der Waals surface area (Å²) >= 11 is 5.22. The summed E-state index contributed by atoms with van der Waals surface area (Å²) in [6.07, 6.45) is -2.63. The maximum Gasteiger partial charge on any atom is 0.416 e. The van der Waals surface area contributed by atoms with Crippen molar-refractivity contribution in [2.24, 2.45) is 0 Å². The van der Waals surface area contributed by atoms with Gasteiger partial charge in [0.05, 0.1) is 5.56 Å². The molecule has 1 aromatic heterocycles. The third-order valence-corrected chi connectivity index (χ3v) is 3.63. The Morgan fingerprint density at radius 2 is 1.76 bits per heavy atom. The summed E-state index contributed by atoms with van der Waals surface area (Å²) in [7, 11) is 0. The van der Waals surface area contributed by atoms with Crippen molar-refractivity contribution < 1.29 is 13.2 Å². The molecule has 0 radical (unpaired) electrons. The second-order valence-corrected chi connectivity index (χ2v) is 6.45. The van der Waals surface area contributed by atoms with E-state index in [9.17, 15) is 13.2 Å². The second-order valence-electron chi connectivity index (χ2n) is 6.06. The van der Waals surface area contributed by atoms with Gasteiger partial charge in [0.25, 0.3) is 0 Å². The van der Waals surface area contributed by atoms with Crippen LogP contribution in [0.3, 0.4) is 0 Å². The van der Waals surface area contributed by atoms with E-state index in [1.54, 1.807) is 16.8 Å². The van der Waals surface area contributed by atoms with Gasteiger partial charge in [-0.05, 0) is 36.8 Å². The van der Waals surface area contributed by atoms with Crippen LogP contribution in [0.15, 0.2) is 24.4 Å². The lowest BCUT2D eigenvalue weighted by Gasteiger charge is -2.21. The quantitative estimate of drug-likeness (QED) is 0.721. The Bertz CT molecular complexity index is 718. The van der Waals surface area contributed by atoms with Gasteiger partial charge < -0.3 is 4.98 Å².